The molecule has 0 bridgehead atoms. The summed E-state index contributed by atoms with van der Waals surface area (Å²) in [7, 11) is 0. The van der Waals surface area contributed by atoms with Crippen molar-refractivity contribution in [1.82, 2.24) is 9.78 Å². The minimum absolute atomic E-state index is 0.145. The summed E-state index contributed by atoms with van der Waals surface area (Å²) in [5.74, 6) is 1.42. The third kappa shape index (κ3) is 2.96. The number of amides is 1. The largest absolute Gasteiger partial charge is 0.486 e. The van der Waals surface area contributed by atoms with Crippen LogP contribution in [0.3, 0.4) is 0 Å². The molecule has 0 saturated heterocycles. The maximum absolute atomic E-state index is 11.9. The predicted molar refractivity (Wildman–Crippen MR) is 85.2 cm³/mol. The summed E-state index contributed by atoms with van der Waals surface area (Å²) in [6.45, 7) is 0.968. The van der Waals surface area contributed by atoms with Gasteiger partial charge in [-0.05, 0) is 24.3 Å². The summed E-state index contributed by atoms with van der Waals surface area (Å²) in [6.07, 6.45) is 4.63. The molecule has 122 valence electrons. The Balaban J connectivity index is 1.38. The number of nitrogens with zero attached hydrogens (tertiary/aromatic N) is 2. The second-order valence-electron chi connectivity index (χ2n) is 5.38. The van der Waals surface area contributed by atoms with Gasteiger partial charge >= 0.3 is 0 Å². The first-order valence-electron chi connectivity index (χ1n) is 7.54. The molecule has 1 atom stereocenters. The van der Waals surface area contributed by atoms with Crippen molar-refractivity contribution in [3.8, 4) is 11.5 Å². The van der Waals surface area contributed by atoms with E-state index in [4.69, 9.17) is 13.9 Å². The number of para-hydroxylation sites is 2. The van der Waals surface area contributed by atoms with E-state index in [2.05, 4.69) is 10.4 Å². The number of carbonyl (C=O) groups is 1. The second kappa shape index (κ2) is 6.11. The lowest BCUT2D eigenvalue weighted by molar-refractivity contribution is 0.0759. The maximum atomic E-state index is 11.9. The lowest BCUT2D eigenvalue weighted by Crippen LogP contribution is -2.33. The molecule has 1 aliphatic heterocycles. The fourth-order valence-electron chi connectivity index (χ4n) is 2.49. The molecule has 3 heterocycles. The molecule has 2 aromatic heterocycles. The molecule has 0 fully saturated rings. The monoisotopic (exact) mass is 325 g/mol. The molecule has 7 nitrogen and oxygen atoms in total. The highest BCUT2D eigenvalue weighted by molar-refractivity contribution is 6.02. The first kappa shape index (κ1) is 14.4. The molecule has 1 aliphatic rings. The van der Waals surface area contributed by atoms with Crippen molar-refractivity contribution in [2.24, 2.45) is 0 Å². The second-order valence-corrected chi connectivity index (χ2v) is 5.38. The summed E-state index contributed by atoms with van der Waals surface area (Å²) >= 11 is 0. The molecule has 4 rings (SSSR count). The van der Waals surface area contributed by atoms with Gasteiger partial charge in [-0.3, -0.25) is 9.48 Å². The fourth-order valence-corrected chi connectivity index (χ4v) is 2.49. The SMILES string of the molecule is O=C(Nc1cnn(C[C@@H]2COc3ccccc3O2)c1)c1ccco1. The Kier molecular flexibility index (Phi) is 3.66. The van der Waals surface area contributed by atoms with Gasteiger partial charge in [-0.25, -0.2) is 0 Å². The molecule has 0 aliphatic carbocycles. The van der Waals surface area contributed by atoms with Crippen LogP contribution in [0.1, 0.15) is 10.6 Å². The number of hydrogen-bond acceptors (Lipinski definition) is 5. The van der Waals surface area contributed by atoms with Crippen molar-refractivity contribution in [3.05, 3.63) is 60.8 Å². The molecule has 3 aromatic rings. The Bertz CT molecular complexity index is 841. The Hall–Kier alpha value is -3.22. The summed E-state index contributed by atoms with van der Waals surface area (Å²) in [4.78, 5) is 11.9. The van der Waals surface area contributed by atoms with Gasteiger partial charge in [0.1, 0.15) is 6.61 Å². The molecule has 24 heavy (non-hydrogen) atoms. The molecule has 7 heteroatoms. The number of rotatable bonds is 4. The Morgan fingerprint density at radius 3 is 2.96 bits per heavy atom. The van der Waals surface area contributed by atoms with E-state index in [1.165, 1.54) is 6.26 Å². The van der Waals surface area contributed by atoms with Crippen LogP contribution in [0.25, 0.3) is 0 Å². The Morgan fingerprint density at radius 2 is 2.12 bits per heavy atom. The zero-order chi connectivity index (χ0) is 16.4. The molecule has 0 unspecified atom stereocenters. The van der Waals surface area contributed by atoms with Crippen LogP contribution in [0.4, 0.5) is 5.69 Å². The first-order chi connectivity index (χ1) is 11.8. The molecule has 0 radical (unpaired) electrons. The number of hydrogen-bond donors (Lipinski definition) is 1. The minimum atomic E-state index is -0.314. The summed E-state index contributed by atoms with van der Waals surface area (Å²) in [5, 5.41) is 6.97. The Labute approximate surface area is 137 Å². The van der Waals surface area contributed by atoms with Crippen molar-refractivity contribution in [2.45, 2.75) is 12.6 Å². The number of aromatic nitrogens is 2. The zero-order valence-corrected chi connectivity index (χ0v) is 12.7. The van der Waals surface area contributed by atoms with Gasteiger partial charge in [-0.15, -0.1) is 0 Å². The van der Waals surface area contributed by atoms with Crippen molar-refractivity contribution < 1.29 is 18.7 Å². The number of benzene rings is 1. The van der Waals surface area contributed by atoms with Crippen LogP contribution in [0, 0.1) is 0 Å². The third-order valence-corrected chi connectivity index (χ3v) is 3.59. The van der Waals surface area contributed by atoms with E-state index in [0.29, 0.717) is 18.8 Å². The first-order valence-corrected chi connectivity index (χ1v) is 7.54. The molecule has 1 N–H and O–H groups in total. The smallest absolute Gasteiger partial charge is 0.291 e. The average Bonchev–Trinajstić information content (AvgIpc) is 3.27. The predicted octanol–water partition coefficient (Wildman–Crippen LogP) is 2.57. The highest BCUT2D eigenvalue weighted by atomic mass is 16.6. The van der Waals surface area contributed by atoms with Crippen LogP contribution >= 0.6 is 0 Å². The van der Waals surface area contributed by atoms with E-state index in [1.54, 1.807) is 29.2 Å². The van der Waals surface area contributed by atoms with Crippen molar-refractivity contribution in [3.63, 3.8) is 0 Å². The van der Waals surface area contributed by atoms with E-state index in [9.17, 15) is 4.79 Å². The minimum Gasteiger partial charge on any atom is -0.486 e. The van der Waals surface area contributed by atoms with Gasteiger partial charge in [0.25, 0.3) is 5.91 Å². The van der Waals surface area contributed by atoms with E-state index >= 15 is 0 Å². The molecule has 1 aromatic carbocycles. The topological polar surface area (TPSA) is 78.5 Å². The Morgan fingerprint density at radius 1 is 1.25 bits per heavy atom. The lowest BCUT2D eigenvalue weighted by Gasteiger charge is -2.26. The molecular formula is C17H15N3O4. The number of nitrogens with one attached hydrogen (secondary N) is 1. The molecular weight excluding hydrogens is 310 g/mol. The molecule has 0 saturated carbocycles. The summed E-state index contributed by atoms with van der Waals surface area (Å²) in [6, 6.07) is 10.8. The summed E-state index contributed by atoms with van der Waals surface area (Å²) < 4.78 is 18.3. The van der Waals surface area contributed by atoms with Crippen LogP contribution in [-0.2, 0) is 6.54 Å². The van der Waals surface area contributed by atoms with E-state index in [1.807, 2.05) is 24.3 Å². The molecule has 0 spiro atoms. The normalized spacial score (nSPS) is 15.9. The van der Waals surface area contributed by atoms with Crippen LogP contribution in [-0.4, -0.2) is 28.4 Å². The number of ether oxygens (including phenoxy) is 2. The van der Waals surface area contributed by atoms with Crippen LogP contribution in [0.5, 0.6) is 11.5 Å². The standard InChI is InChI=1S/C17H15N3O4/c21-17(16-6-3-7-22-16)19-12-8-18-20(9-12)10-13-11-23-14-4-1-2-5-15(14)24-13/h1-9,13H,10-11H2,(H,19,21)/t13-/m1/s1. The maximum Gasteiger partial charge on any atom is 0.291 e. The van der Waals surface area contributed by atoms with Gasteiger partial charge in [0, 0.05) is 6.20 Å². The number of carbonyl (C=O) groups excluding carboxylic acids is 1. The van der Waals surface area contributed by atoms with Gasteiger partial charge in [0.05, 0.1) is 24.7 Å². The van der Waals surface area contributed by atoms with Gasteiger partial charge in [0.2, 0.25) is 0 Å². The highest BCUT2D eigenvalue weighted by Gasteiger charge is 2.21. The van der Waals surface area contributed by atoms with Gasteiger partial charge < -0.3 is 19.2 Å². The number of anilines is 1. The van der Waals surface area contributed by atoms with Crippen LogP contribution in [0.2, 0.25) is 0 Å². The number of fused-ring (bicyclic) bond motifs is 1. The third-order valence-electron chi connectivity index (χ3n) is 3.59. The summed E-state index contributed by atoms with van der Waals surface area (Å²) in [5.41, 5.74) is 0.591. The van der Waals surface area contributed by atoms with E-state index in [0.717, 1.165) is 11.5 Å². The fraction of sp³-hybridized carbons (Fsp3) is 0.176. The molecule has 1 amide bonds. The quantitative estimate of drug-likeness (QED) is 0.797. The van der Waals surface area contributed by atoms with E-state index in [-0.39, 0.29) is 17.8 Å². The average molecular weight is 325 g/mol. The van der Waals surface area contributed by atoms with E-state index < -0.39 is 0 Å². The highest BCUT2D eigenvalue weighted by Crippen LogP contribution is 2.31. The van der Waals surface area contributed by atoms with Gasteiger partial charge in [-0.1, -0.05) is 12.1 Å². The van der Waals surface area contributed by atoms with Crippen molar-refractivity contribution >= 4 is 11.6 Å². The zero-order valence-electron chi connectivity index (χ0n) is 12.7. The lowest BCUT2D eigenvalue weighted by atomic mass is 10.2. The van der Waals surface area contributed by atoms with Crippen molar-refractivity contribution in [1.29, 1.82) is 0 Å². The van der Waals surface area contributed by atoms with Crippen LogP contribution in [0.15, 0.2) is 59.5 Å². The van der Waals surface area contributed by atoms with Crippen molar-refractivity contribution in [2.75, 3.05) is 11.9 Å². The number of furan rings is 1. The van der Waals surface area contributed by atoms with Gasteiger partial charge in [0.15, 0.2) is 23.4 Å². The van der Waals surface area contributed by atoms with Crippen LogP contribution < -0.4 is 14.8 Å². The van der Waals surface area contributed by atoms with Gasteiger partial charge in [-0.2, -0.15) is 5.10 Å².